The molecule has 154 valence electrons. The molecular weight excluding hydrogens is 356 g/mol. The maximum Gasteiger partial charge on any atom is 0.251 e. The monoisotopic (exact) mass is 388 g/mol. The summed E-state index contributed by atoms with van der Waals surface area (Å²) in [4.78, 5) is 28.9. The normalized spacial score (nSPS) is 21.5. The molecule has 3 rings (SSSR count). The highest BCUT2D eigenvalue weighted by molar-refractivity contribution is 6.22. The van der Waals surface area contributed by atoms with Crippen molar-refractivity contribution in [3.05, 3.63) is 24.3 Å². The van der Waals surface area contributed by atoms with E-state index in [0.29, 0.717) is 12.3 Å². The van der Waals surface area contributed by atoms with Crippen LogP contribution >= 0.6 is 0 Å². The van der Waals surface area contributed by atoms with E-state index in [-0.39, 0.29) is 30.4 Å². The first-order chi connectivity index (χ1) is 13.6. The second-order valence-electron chi connectivity index (χ2n) is 7.66. The zero-order valence-electron chi connectivity index (χ0n) is 17.1. The number of hydrogen-bond donors (Lipinski definition) is 0. The third kappa shape index (κ3) is 4.92. The molecule has 0 unspecified atom stereocenters. The number of carbonyl (C=O) groups excluding carboxylic acids is 2. The lowest BCUT2D eigenvalue weighted by atomic mass is 10.0. The summed E-state index contributed by atoms with van der Waals surface area (Å²) in [5, 5.41) is 0. The van der Waals surface area contributed by atoms with Crippen LogP contribution in [0.1, 0.15) is 51.9 Å². The average molecular weight is 389 g/mol. The van der Waals surface area contributed by atoms with Crippen molar-refractivity contribution >= 4 is 17.5 Å². The molecule has 2 saturated heterocycles. The van der Waals surface area contributed by atoms with Crippen molar-refractivity contribution in [1.29, 1.82) is 0 Å². The van der Waals surface area contributed by atoms with Gasteiger partial charge < -0.3 is 9.47 Å². The quantitative estimate of drug-likeness (QED) is 0.479. The van der Waals surface area contributed by atoms with E-state index in [0.717, 1.165) is 38.1 Å². The van der Waals surface area contributed by atoms with Gasteiger partial charge in [0.1, 0.15) is 5.75 Å². The molecule has 2 aliphatic heterocycles. The first kappa shape index (κ1) is 20.8. The number of anilines is 1. The number of carbonyl (C=O) groups is 2. The van der Waals surface area contributed by atoms with Gasteiger partial charge in [0.2, 0.25) is 5.91 Å². The van der Waals surface area contributed by atoms with Gasteiger partial charge in [0, 0.05) is 20.2 Å². The van der Waals surface area contributed by atoms with Crippen molar-refractivity contribution in [2.75, 3.05) is 31.7 Å². The largest absolute Gasteiger partial charge is 0.494 e. The number of likely N-dealkylation sites (tertiary alicyclic amines) is 1. The van der Waals surface area contributed by atoms with Gasteiger partial charge in [0.15, 0.2) is 0 Å². The van der Waals surface area contributed by atoms with Crippen molar-refractivity contribution in [2.45, 2.75) is 64.0 Å². The van der Waals surface area contributed by atoms with Crippen LogP contribution in [0.3, 0.4) is 0 Å². The lowest BCUT2D eigenvalue weighted by Gasteiger charge is -2.34. The first-order valence-corrected chi connectivity index (χ1v) is 10.5. The third-order valence-corrected chi connectivity index (χ3v) is 5.74. The van der Waals surface area contributed by atoms with Crippen LogP contribution in [-0.4, -0.2) is 55.7 Å². The summed E-state index contributed by atoms with van der Waals surface area (Å²) in [5.74, 6) is 0.531. The molecular formula is C22H32N2O4. The minimum absolute atomic E-state index is 0.117. The Morgan fingerprint density at radius 3 is 2.39 bits per heavy atom. The van der Waals surface area contributed by atoms with Crippen LogP contribution in [0.4, 0.5) is 5.69 Å². The van der Waals surface area contributed by atoms with Gasteiger partial charge in [-0.3, -0.25) is 14.5 Å². The number of benzene rings is 1. The number of hydrogen-bond acceptors (Lipinski definition) is 5. The molecule has 1 aromatic carbocycles. The number of unbranched alkanes of at least 4 members (excludes halogenated alkanes) is 3. The fourth-order valence-corrected chi connectivity index (χ4v) is 4.01. The van der Waals surface area contributed by atoms with Crippen molar-refractivity contribution in [2.24, 2.45) is 0 Å². The van der Waals surface area contributed by atoms with Crippen molar-refractivity contribution in [3.8, 4) is 5.75 Å². The van der Waals surface area contributed by atoms with E-state index in [9.17, 15) is 9.59 Å². The SMILES string of the molecule is CCCCCCOc1ccc(N2C(=O)C[C@H](N3CCC(OC)CC3)C2=O)cc1. The third-order valence-electron chi connectivity index (χ3n) is 5.74. The van der Waals surface area contributed by atoms with E-state index in [4.69, 9.17) is 9.47 Å². The Labute approximate surface area is 167 Å². The molecule has 0 aromatic heterocycles. The highest BCUT2D eigenvalue weighted by atomic mass is 16.5. The van der Waals surface area contributed by atoms with Crippen LogP contribution in [0, 0.1) is 0 Å². The number of rotatable bonds is 9. The number of imide groups is 1. The van der Waals surface area contributed by atoms with Gasteiger partial charge in [0.25, 0.3) is 5.91 Å². The van der Waals surface area contributed by atoms with E-state index >= 15 is 0 Å². The minimum Gasteiger partial charge on any atom is -0.494 e. The van der Waals surface area contributed by atoms with Crippen molar-refractivity contribution < 1.29 is 19.1 Å². The number of ether oxygens (including phenoxy) is 2. The summed E-state index contributed by atoms with van der Waals surface area (Å²) in [6, 6.07) is 6.94. The molecule has 6 nitrogen and oxygen atoms in total. The molecule has 0 aliphatic carbocycles. The molecule has 2 heterocycles. The number of methoxy groups -OCH3 is 1. The molecule has 2 fully saturated rings. The van der Waals surface area contributed by atoms with Gasteiger partial charge >= 0.3 is 0 Å². The Bertz CT molecular complexity index is 653. The van der Waals surface area contributed by atoms with Crippen LogP contribution in [0.2, 0.25) is 0 Å². The van der Waals surface area contributed by atoms with Gasteiger partial charge in [-0.2, -0.15) is 0 Å². The molecule has 1 aromatic rings. The van der Waals surface area contributed by atoms with Gasteiger partial charge in [-0.15, -0.1) is 0 Å². The molecule has 1 atom stereocenters. The van der Waals surface area contributed by atoms with E-state index in [1.54, 1.807) is 19.2 Å². The van der Waals surface area contributed by atoms with Crippen molar-refractivity contribution in [1.82, 2.24) is 4.90 Å². The molecule has 6 heteroatoms. The van der Waals surface area contributed by atoms with Gasteiger partial charge in [-0.05, 0) is 43.5 Å². The Kier molecular flexibility index (Phi) is 7.45. The van der Waals surface area contributed by atoms with Gasteiger partial charge in [-0.25, -0.2) is 4.90 Å². The zero-order chi connectivity index (χ0) is 19.9. The lowest BCUT2D eigenvalue weighted by Crippen LogP contribution is -2.47. The molecule has 0 spiro atoms. The van der Waals surface area contributed by atoms with E-state index in [1.807, 2.05) is 12.1 Å². The zero-order valence-corrected chi connectivity index (χ0v) is 17.1. The van der Waals surface area contributed by atoms with Crippen molar-refractivity contribution in [3.63, 3.8) is 0 Å². The molecule has 0 bridgehead atoms. The van der Waals surface area contributed by atoms with E-state index < -0.39 is 0 Å². The Balaban J connectivity index is 1.56. The smallest absolute Gasteiger partial charge is 0.251 e. The lowest BCUT2D eigenvalue weighted by molar-refractivity contribution is -0.123. The summed E-state index contributed by atoms with van der Waals surface area (Å²) in [5.41, 5.74) is 0.627. The molecule has 0 radical (unpaired) electrons. The predicted molar refractivity (Wildman–Crippen MR) is 109 cm³/mol. The maximum absolute atomic E-state index is 12.9. The average Bonchev–Trinajstić information content (AvgIpc) is 3.02. The number of nitrogens with zero attached hydrogens (tertiary/aromatic N) is 2. The fraction of sp³-hybridized carbons (Fsp3) is 0.636. The summed E-state index contributed by atoms with van der Waals surface area (Å²) >= 11 is 0. The van der Waals surface area contributed by atoms with Gasteiger partial charge in [-0.1, -0.05) is 26.2 Å². The molecule has 0 N–H and O–H groups in total. The van der Waals surface area contributed by atoms with Gasteiger partial charge in [0.05, 0.1) is 30.9 Å². The summed E-state index contributed by atoms with van der Waals surface area (Å²) in [6.07, 6.45) is 6.97. The fourth-order valence-electron chi connectivity index (χ4n) is 4.01. The van der Waals surface area contributed by atoms with Crippen LogP contribution < -0.4 is 9.64 Å². The second-order valence-corrected chi connectivity index (χ2v) is 7.66. The predicted octanol–water partition coefficient (Wildman–Crippen LogP) is 3.39. The summed E-state index contributed by atoms with van der Waals surface area (Å²) in [6.45, 7) is 4.47. The van der Waals surface area contributed by atoms with E-state index in [1.165, 1.54) is 24.2 Å². The van der Waals surface area contributed by atoms with Crippen LogP contribution in [0.15, 0.2) is 24.3 Å². The Hall–Kier alpha value is -1.92. The summed E-state index contributed by atoms with van der Waals surface area (Å²) < 4.78 is 11.2. The standard InChI is InChI=1S/C22H32N2O4/c1-3-4-5-6-15-28-19-9-7-17(8-10-19)24-21(25)16-20(22(24)26)23-13-11-18(27-2)12-14-23/h7-10,18,20H,3-6,11-16H2,1-2H3/t20-/m0/s1. The highest BCUT2D eigenvalue weighted by Gasteiger charge is 2.43. The Morgan fingerprint density at radius 2 is 1.75 bits per heavy atom. The second kappa shape index (κ2) is 10.0. The molecule has 2 amide bonds. The van der Waals surface area contributed by atoms with Crippen LogP contribution in [-0.2, 0) is 14.3 Å². The first-order valence-electron chi connectivity index (χ1n) is 10.5. The topological polar surface area (TPSA) is 59.1 Å². The van der Waals surface area contributed by atoms with E-state index in [2.05, 4.69) is 11.8 Å². The van der Waals surface area contributed by atoms with Crippen LogP contribution in [0.5, 0.6) is 5.75 Å². The highest BCUT2D eigenvalue weighted by Crippen LogP contribution is 2.29. The molecule has 2 aliphatic rings. The minimum atomic E-state index is -0.347. The Morgan fingerprint density at radius 1 is 1.04 bits per heavy atom. The maximum atomic E-state index is 12.9. The molecule has 28 heavy (non-hydrogen) atoms. The number of amides is 2. The number of piperidine rings is 1. The van der Waals surface area contributed by atoms with Crippen LogP contribution in [0.25, 0.3) is 0 Å². The summed E-state index contributed by atoms with van der Waals surface area (Å²) in [7, 11) is 1.73. The molecule has 0 saturated carbocycles.